The molecular weight excluding hydrogens is 314 g/mol. The van der Waals surface area contributed by atoms with Crippen molar-refractivity contribution in [2.45, 2.75) is 0 Å². The van der Waals surface area contributed by atoms with Crippen molar-refractivity contribution < 1.29 is 14.6 Å². The quantitative estimate of drug-likeness (QED) is 0.708. The molecule has 2 heterocycles. The van der Waals surface area contributed by atoms with Crippen molar-refractivity contribution in [3.63, 3.8) is 0 Å². The molecule has 116 valence electrons. The number of benzene rings is 2. The Hall–Kier alpha value is -2.80. The zero-order chi connectivity index (χ0) is 15.8. The molecule has 3 aromatic rings. The Morgan fingerprint density at radius 3 is 2.57 bits per heavy atom. The van der Waals surface area contributed by atoms with Gasteiger partial charge >= 0.3 is 0 Å². The van der Waals surface area contributed by atoms with E-state index in [0.717, 1.165) is 17.0 Å². The van der Waals surface area contributed by atoms with Crippen molar-refractivity contribution in [2.24, 2.45) is 0 Å². The van der Waals surface area contributed by atoms with Crippen molar-refractivity contribution in [2.75, 3.05) is 13.2 Å². The Labute approximate surface area is 136 Å². The second kappa shape index (κ2) is 5.44. The average molecular weight is 327 g/mol. The van der Waals surface area contributed by atoms with E-state index < -0.39 is 0 Å². The minimum Gasteiger partial charge on any atom is -0.508 e. The Morgan fingerprint density at radius 2 is 1.78 bits per heavy atom. The molecule has 6 nitrogen and oxygen atoms in total. The molecule has 2 aromatic carbocycles. The number of aromatic hydroxyl groups is 1. The van der Waals surface area contributed by atoms with Gasteiger partial charge in [0.15, 0.2) is 22.1 Å². The van der Waals surface area contributed by atoms with Crippen molar-refractivity contribution in [3.8, 4) is 34.3 Å². The number of hydrogen-bond donors (Lipinski definition) is 2. The lowest BCUT2D eigenvalue weighted by atomic mass is 10.2. The summed E-state index contributed by atoms with van der Waals surface area (Å²) in [5, 5.41) is 16.5. The third-order valence-electron chi connectivity index (χ3n) is 3.58. The van der Waals surface area contributed by atoms with E-state index in [1.54, 1.807) is 24.3 Å². The summed E-state index contributed by atoms with van der Waals surface area (Å²) in [5.41, 5.74) is 1.67. The van der Waals surface area contributed by atoms with Gasteiger partial charge < -0.3 is 14.6 Å². The molecule has 1 aliphatic rings. The molecule has 0 fully saturated rings. The Morgan fingerprint density at radius 1 is 1.04 bits per heavy atom. The second-order valence-corrected chi connectivity index (χ2v) is 5.45. The molecule has 0 radical (unpaired) electrons. The lowest BCUT2D eigenvalue weighted by Crippen LogP contribution is -2.15. The van der Waals surface area contributed by atoms with Crippen LogP contribution in [0.25, 0.3) is 17.1 Å². The standard InChI is InChI=1S/C16H13N3O3S/c20-12-4-1-10(2-5-12)15-17-18-16(23)19(15)11-3-6-13-14(9-11)22-8-7-21-13/h1-6,9,20H,7-8H2,(H,18,23). The van der Waals surface area contributed by atoms with Gasteiger partial charge in [-0.2, -0.15) is 5.10 Å². The molecule has 0 spiro atoms. The molecular formula is C16H13N3O3S. The van der Waals surface area contributed by atoms with Crippen molar-refractivity contribution in [1.82, 2.24) is 14.8 Å². The predicted octanol–water partition coefficient (Wildman–Crippen LogP) is 3.07. The first-order chi connectivity index (χ1) is 11.2. The summed E-state index contributed by atoms with van der Waals surface area (Å²) >= 11 is 5.36. The maximum Gasteiger partial charge on any atom is 0.200 e. The van der Waals surface area contributed by atoms with Gasteiger partial charge in [0.05, 0.1) is 5.69 Å². The van der Waals surface area contributed by atoms with Crippen molar-refractivity contribution >= 4 is 12.2 Å². The summed E-state index contributed by atoms with van der Waals surface area (Å²) in [4.78, 5) is 0. The van der Waals surface area contributed by atoms with Gasteiger partial charge in [-0.25, -0.2) is 0 Å². The molecule has 2 N–H and O–H groups in total. The van der Waals surface area contributed by atoms with Gasteiger partial charge in [-0.15, -0.1) is 0 Å². The number of fused-ring (bicyclic) bond motifs is 1. The third kappa shape index (κ3) is 2.44. The van der Waals surface area contributed by atoms with Crippen LogP contribution in [0.1, 0.15) is 0 Å². The highest BCUT2D eigenvalue weighted by Gasteiger charge is 2.16. The number of nitrogens with one attached hydrogen (secondary N) is 1. The van der Waals surface area contributed by atoms with Gasteiger partial charge in [-0.05, 0) is 48.6 Å². The van der Waals surface area contributed by atoms with E-state index >= 15 is 0 Å². The van der Waals surface area contributed by atoms with Crippen LogP contribution in [0.15, 0.2) is 42.5 Å². The van der Waals surface area contributed by atoms with Crippen LogP contribution < -0.4 is 9.47 Å². The lowest BCUT2D eigenvalue weighted by molar-refractivity contribution is 0.171. The SMILES string of the molecule is Oc1ccc(-c2n[nH]c(=S)n2-c2ccc3c(c2)OCCO3)cc1. The maximum absolute atomic E-state index is 9.44. The molecule has 1 aromatic heterocycles. The van der Waals surface area contributed by atoms with Crippen LogP contribution in [-0.4, -0.2) is 33.1 Å². The van der Waals surface area contributed by atoms with Crippen molar-refractivity contribution in [1.29, 1.82) is 0 Å². The fourth-order valence-corrected chi connectivity index (χ4v) is 2.75. The van der Waals surface area contributed by atoms with E-state index in [2.05, 4.69) is 10.2 Å². The number of rotatable bonds is 2. The Bertz CT molecular complexity index is 915. The second-order valence-electron chi connectivity index (χ2n) is 5.06. The third-order valence-corrected chi connectivity index (χ3v) is 3.86. The van der Waals surface area contributed by atoms with E-state index in [1.165, 1.54) is 0 Å². The number of nitrogens with zero attached hydrogens (tertiary/aromatic N) is 2. The van der Waals surface area contributed by atoms with Gasteiger partial charge in [-0.3, -0.25) is 9.67 Å². The minimum absolute atomic E-state index is 0.203. The molecule has 4 rings (SSSR count). The normalized spacial score (nSPS) is 13.0. The summed E-state index contributed by atoms with van der Waals surface area (Å²) < 4.78 is 13.5. The summed E-state index contributed by atoms with van der Waals surface area (Å²) in [5.74, 6) is 2.27. The Balaban J connectivity index is 1.85. The molecule has 23 heavy (non-hydrogen) atoms. The van der Waals surface area contributed by atoms with Gasteiger partial charge in [0.2, 0.25) is 0 Å². The molecule has 0 aliphatic carbocycles. The van der Waals surface area contributed by atoms with Crippen LogP contribution in [0.5, 0.6) is 17.2 Å². The first-order valence-electron chi connectivity index (χ1n) is 7.09. The summed E-state index contributed by atoms with van der Waals surface area (Å²) in [7, 11) is 0. The summed E-state index contributed by atoms with van der Waals surface area (Å²) in [6, 6.07) is 12.4. The Kier molecular flexibility index (Phi) is 3.27. The monoisotopic (exact) mass is 327 g/mol. The molecule has 7 heteroatoms. The number of hydrogen-bond acceptors (Lipinski definition) is 5. The van der Waals surface area contributed by atoms with Gasteiger partial charge in [0, 0.05) is 11.6 Å². The topological polar surface area (TPSA) is 72.3 Å². The van der Waals surface area contributed by atoms with Crippen LogP contribution in [0.3, 0.4) is 0 Å². The van der Waals surface area contributed by atoms with Crippen molar-refractivity contribution in [3.05, 3.63) is 47.2 Å². The van der Waals surface area contributed by atoms with E-state index in [-0.39, 0.29) is 5.75 Å². The van der Waals surface area contributed by atoms with Crippen LogP contribution in [0.2, 0.25) is 0 Å². The van der Waals surface area contributed by atoms with Crippen LogP contribution in [-0.2, 0) is 0 Å². The number of H-pyrrole nitrogens is 1. The number of phenolic OH excluding ortho intramolecular Hbond substituents is 1. The van der Waals surface area contributed by atoms with E-state index in [1.807, 2.05) is 22.8 Å². The smallest absolute Gasteiger partial charge is 0.200 e. The number of aromatic amines is 1. The van der Waals surface area contributed by atoms with Gasteiger partial charge in [-0.1, -0.05) is 0 Å². The zero-order valence-electron chi connectivity index (χ0n) is 12.0. The summed E-state index contributed by atoms with van der Waals surface area (Å²) in [6.07, 6.45) is 0. The summed E-state index contributed by atoms with van der Waals surface area (Å²) in [6.45, 7) is 1.08. The molecule has 0 unspecified atom stereocenters. The van der Waals surface area contributed by atoms with Gasteiger partial charge in [0.25, 0.3) is 0 Å². The highest BCUT2D eigenvalue weighted by Crippen LogP contribution is 2.33. The van der Waals surface area contributed by atoms with E-state index in [9.17, 15) is 5.11 Å². The predicted molar refractivity (Wildman–Crippen MR) is 86.8 cm³/mol. The zero-order valence-corrected chi connectivity index (χ0v) is 12.8. The molecule has 1 aliphatic heterocycles. The van der Waals surface area contributed by atoms with E-state index in [4.69, 9.17) is 21.7 Å². The fraction of sp³-hybridized carbons (Fsp3) is 0.125. The lowest BCUT2D eigenvalue weighted by Gasteiger charge is -2.19. The number of ether oxygens (including phenoxy) is 2. The maximum atomic E-state index is 9.44. The van der Waals surface area contributed by atoms with Gasteiger partial charge in [0.1, 0.15) is 19.0 Å². The number of aromatic nitrogens is 3. The highest BCUT2D eigenvalue weighted by atomic mass is 32.1. The molecule has 0 bridgehead atoms. The molecule has 0 saturated heterocycles. The minimum atomic E-state index is 0.203. The average Bonchev–Trinajstić information content (AvgIpc) is 2.97. The fourth-order valence-electron chi connectivity index (χ4n) is 2.51. The largest absolute Gasteiger partial charge is 0.508 e. The van der Waals surface area contributed by atoms with Crippen LogP contribution >= 0.6 is 12.2 Å². The van der Waals surface area contributed by atoms with Crippen LogP contribution in [0, 0.1) is 4.77 Å². The number of phenols is 1. The van der Waals surface area contributed by atoms with Crippen LogP contribution in [0.4, 0.5) is 0 Å². The molecule has 0 atom stereocenters. The molecule has 0 amide bonds. The highest BCUT2D eigenvalue weighted by molar-refractivity contribution is 7.71. The van der Waals surface area contributed by atoms with E-state index in [0.29, 0.717) is 29.6 Å². The first-order valence-corrected chi connectivity index (χ1v) is 7.50. The molecule has 0 saturated carbocycles. The first kappa shape index (κ1) is 13.8.